The first-order valence-electron chi connectivity index (χ1n) is 8.72. The van der Waals surface area contributed by atoms with Crippen molar-refractivity contribution in [2.24, 2.45) is 5.41 Å². The van der Waals surface area contributed by atoms with Crippen LogP contribution in [0.2, 0.25) is 0 Å². The lowest BCUT2D eigenvalue weighted by molar-refractivity contribution is 0.0692. The highest BCUT2D eigenvalue weighted by atomic mass is 16.5. The summed E-state index contributed by atoms with van der Waals surface area (Å²) in [6.45, 7) is 5.95. The Hall–Kier alpha value is -2.66. The van der Waals surface area contributed by atoms with E-state index in [1.54, 1.807) is 19.2 Å². The lowest BCUT2D eigenvalue weighted by atomic mass is 9.75. The molecule has 1 aromatic carbocycles. The molecule has 2 aromatic heterocycles. The third-order valence-electron chi connectivity index (χ3n) is 4.97. The number of furan rings is 1. The molecule has 3 aromatic rings. The molecule has 0 bridgehead atoms. The average molecular weight is 351 g/mol. The summed E-state index contributed by atoms with van der Waals surface area (Å²) in [5.74, 6) is 0.650. The van der Waals surface area contributed by atoms with Crippen LogP contribution in [0, 0.1) is 12.3 Å². The SMILES string of the molecule is Cc1c(C(=O)Oc2cccc3cccnc23)oc2c1[C@H](O)CC(C)(C)C2. The summed E-state index contributed by atoms with van der Waals surface area (Å²) in [5, 5.41) is 11.4. The number of carbonyl (C=O) groups is 1. The van der Waals surface area contributed by atoms with Crippen LogP contribution in [-0.4, -0.2) is 16.1 Å². The summed E-state index contributed by atoms with van der Waals surface area (Å²) in [5.41, 5.74) is 1.93. The second kappa shape index (κ2) is 5.95. The first-order valence-corrected chi connectivity index (χ1v) is 8.72. The van der Waals surface area contributed by atoms with Gasteiger partial charge in [0.05, 0.1) is 6.10 Å². The Labute approximate surface area is 151 Å². The quantitative estimate of drug-likeness (QED) is 0.548. The van der Waals surface area contributed by atoms with E-state index in [1.807, 2.05) is 24.3 Å². The van der Waals surface area contributed by atoms with Gasteiger partial charge in [0.2, 0.25) is 5.76 Å². The average Bonchev–Trinajstić information content (AvgIpc) is 2.90. The number of fused-ring (bicyclic) bond motifs is 2. The van der Waals surface area contributed by atoms with Crippen molar-refractivity contribution < 1.29 is 19.1 Å². The Bertz CT molecular complexity index is 997. The molecule has 0 fully saturated rings. The van der Waals surface area contributed by atoms with Crippen LogP contribution in [0.5, 0.6) is 5.75 Å². The highest BCUT2D eigenvalue weighted by Crippen LogP contribution is 2.44. The molecule has 0 unspecified atom stereocenters. The molecule has 0 saturated heterocycles. The fourth-order valence-electron chi connectivity index (χ4n) is 3.79. The standard InChI is InChI=1S/C21H21NO4/c1-12-17-14(23)10-21(2,3)11-16(17)25-19(12)20(24)26-15-8-4-6-13-7-5-9-22-18(13)15/h4-9,14,23H,10-11H2,1-3H3/t14-/m1/s1. The normalized spacial score (nSPS) is 18.5. The summed E-state index contributed by atoms with van der Waals surface area (Å²) in [6.07, 6.45) is 2.36. The molecular formula is C21H21NO4. The Morgan fingerprint density at radius 1 is 1.31 bits per heavy atom. The smallest absolute Gasteiger partial charge is 0.379 e. The van der Waals surface area contributed by atoms with Gasteiger partial charge in [0.1, 0.15) is 11.3 Å². The first kappa shape index (κ1) is 16.8. The van der Waals surface area contributed by atoms with E-state index in [-0.39, 0.29) is 11.2 Å². The van der Waals surface area contributed by atoms with Crippen molar-refractivity contribution in [3.63, 3.8) is 0 Å². The van der Waals surface area contributed by atoms with Crippen LogP contribution >= 0.6 is 0 Å². The van der Waals surface area contributed by atoms with Gasteiger partial charge < -0.3 is 14.3 Å². The number of ether oxygens (including phenoxy) is 1. The van der Waals surface area contributed by atoms with E-state index in [4.69, 9.17) is 9.15 Å². The molecule has 1 aliphatic rings. The number of benzene rings is 1. The topological polar surface area (TPSA) is 72.6 Å². The van der Waals surface area contributed by atoms with E-state index < -0.39 is 12.1 Å². The number of rotatable bonds is 2. The van der Waals surface area contributed by atoms with Gasteiger partial charge in [-0.15, -0.1) is 0 Å². The lowest BCUT2D eigenvalue weighted by Crippen LogP contribution is -2.24. The zero-order valence-corrected chi connectivity index (χ0v) is 15.1. The minimum Gasteiger partial charge on any atom is -0.453 e. The van der Waals surface area contributed by atoms with Gasteiger partial charge in [0.15, 0.2) is 5.75 Å². The maximum Gasteiger partial charge on any atom is 0.379 e. The third kappa shape index (κ3) is 2.78. The Morgan fingerprint density at radius 3 is 2.88 bits per heavy atom. The summed E-state index contributed by atoms with van der Waals surface area (Å²) in [6, 6.07) is 9.19. The van der Waals surface area contributed by atoms with E-state index in [9.17, 15) is 9.90 Å². The molecule has 26 heavy (non-hydrogen) atoms. The summed E-state index contributed by atoms with van der Waals surface area (Å²) >= 11 is 0. The third-order valence-corrected chi connectivity index (χ3v) is 4.97. The van der Waals surface area contributed by atoms with Crippen molar-refractivity contribution >= 4 is 16.9 Å². The molecule has 5 nitrogen and oxygen atoms in total. The fraction of sp³-hybridized carbons (Fsp3) is 0.333. The number of carbonyl (C=O) groups excluding carboxylic acids is 1. The van der Waals surface area contributed by atoms with Gasteiger partial charge in [-0.2, -0.15) is 0 Å². The Balaban J connectivity index is 1.69. The number of pyridine rings is 1. The Kier molecular flexibility index (Phi) is 3.84. The van der Waals surface area contributed by atoms with E-state index in [0.717, 1.165) is 10.9 Å². The maximum absolute atomic E-state index is 12.7. The van der Waals surface area contributed by atoms with Crippen molar-refractivity contribution in [3.05, 3.63) is 59.2 Å². The lowest BCUT2D eigenvalue weighted by Gasteiger charge is -2.31. The minimum atomic E-state index is -0.627. The number of hydrogen-bond acceptors (Lipinski definition) is 5. The van der Waals surface area contributed by atoms with Crippen LogP contribution in [-0.2, 0) is 6.42 Å². The number of esters is 1. The predicted octanol–water partition coefficient (Wildman–Crippen LogP) is 4.36. The van der Waals surface area contributed by atoms with E-state index in [1.165, 1.54) is 0 Å². The largest absolute Gasteiger partial charge is 0.453 e. The van der Waals surface area contributed by atoms with Crippen LogP contribution in [0.1, 0.15) is 53.8 Å². The minimum absolute atomic E-state index is 0.0720. The number of aliphatic hydroxyl groups is 1. The van der Waals surface area contributed by atoms with Crippen LogP contribution in [0.3, 0.4) is 0 Å². The number of para-hydroxylation sites is 1. The second-order valence-corrected chi connectivity index (χ2v) is 7.67. The molecular weight excluding hydrogens is 330 g/mol. The van der Waals surface area contributed by atoms with Gasteiger partial charge in [-0.1, -0.05) is 32.0 Å². The maximum atomic E-state index is 12.7. The number of hydrogen-bond donors (Lipinski definition) is 1. The van der Waals surface area contributed by atoms with E-state index in [2.05, 4.69) is 18.8 Å². The highest BCUT2D eigenvalue weighted by molar-refractivity contribution is 5.93. The molecule has 1 N–H and O–H groups in total. The molecule has 134 valence electrons. The molecule has 2 heterocycles. The van der Waals surface area contributed by atoms with E-state index in [0.29, 0.717) is 35.4 Å². The van der Waals surface area contributed by atoms with Gasteiger partial charge in [-0.25, -0.2) is 4.79 Å². The van der Waals surface area contributed by atoms with Crippen molar-refractivity contribution in [2.45, 2.75) is 39.7 Å². The molecule has 0 aliphatic heterocycles. The van der Waals surface area contributed by atoms with Crippen LogP contribution in [0.15, 0.2) is 40.9 Å². The Morgan fingerprint density at radius 2 is 2.08 bits per heavy atom. The molecule has 5 heteroatoms. The van der Waals surface area contributed by atoms with Crippen molar-refractivity contribution in [1.29, 1.82) is 0 Å². The number of aromatic nitrogens is 1. The van der Waals surface area contributed by atoms with Crippen LogP contribution in [0.4, 0.5) is 0 Å². The molecule has 0 radical (unpaired) electrons. The zero-order valence-electron chi connectivity index (χ0n) is 15.1. The van der Waals surface area contributed by atoms with Gasteiger partial charge in [-0.3, -0.25) is 4.98 Å². The molecule has 0 amide bonds. The number of aliphatic hydroxyl groups excluding tert-OH is 1. The molecule has 1 atom stereocenters. The molecule has 4 rings (SSSR count). The monoisotopic (exact) mass is 351 g/mol. The summed E-state index contributed by atoms with van der Waals surface area (Å²) in [4.78, 5) is 17.0. The van der Waals surface area contributed by atoms with E-state index >= 15 is 0 Å². The van der Waals surface area contributed by atoms with Gasteiger partial charge in [0.25, 0.3) is 0 Å². The molecule has 0 saturated carbocycles. The zero-order chi connectivity index (χ0) is 18.5. The number of nitrogens with zero attached hydrogens (tertiary/aromatic N) is 1. The van der Waals surface area contributed by atoms with Crippen molar-refractivity contribution in [3.8, 4) is 5.75 Å². The van der Waals surface area contributed by atoms with Crippen molar-refractivity contribution in [2.75, 3.05) is 0 Å². The van der Waals surface area contributed by atoms with Crippen molar-refractivity contribution in [1.82, 2.24) is 4.98 Å². The molecule has 1 aliphatic carbocycles. The van der Waals surface area contributed by atoms with Gasteiger partial charge >= 0.3 is 5.97 Å². The fourth-order valence-corrected chi connectivity index (χ4v) is 3.79. The second-order valence-electron chi connectivity index (χ2n) is 7.67. The predicted molar refractivity (Wildman–Crippen MR) is 97.2 cm³/mol. The van der Waals surface area contributed by atoms with Crippen LogP contribution in [0.25, 0.3) is 10.9 Å². The van der Waals surface area contributed by atoms with Gasteiger partial charge in [-0.05, 0) is 30.9 Å². The first-order chi connectivity index (χ1) is 12.4. The highest BCUT2D eigenvalue weighted by Gasteiger charge is 2.37. The molecule has 0 spiro atoms. The summed E-state index contributed by atoms with van der Waals surface area (Å²) in [7, 11) is 0. The van der Waals surface area contributed by atoms with Crippen LogP contribution < -0.4 is 4.74 Å². The van der Waals surface area contributed by atoms with Gasteiger partial charge in [0, 0.05) is 29.1 Å². The summed E-state index contributed by atoms with van der Waals surface area (Å²) < 4.78 is 11.4.